The molecule has 1 heterocycles. The number of carbonyl (C=O) groups is 1. The minimum atomic E-state index is -0.196. The van der Waals surface area contributed by atoms with E-state index >= 15 is 0 Å². The van der Waals surface area contributed by atoms with Crippen LogP contribution in [0.1, 0.15) is 52.4 Å². The van der Waals surface area contributed by atoms with Gasteiger partial charge in [0.25, 0.3) is 0 Å². The number of nitrogens with one attached hydrogen (secondary N) is 1. The molecule has 4 aliphatic rings. The Balaban J connectivity index is 1.43. The van der Waals surface area contributed by atoms with E-state index in [2.05, 4.69) is 24.1 Å². The van der Waals surface area contributed by atoms with Crippen LogP contribution in [-0.2, 0) is 4.79 Å². The van der Waals surface area contributed by atoms with E-state index in [9.17, 15) is 4.79 Å². The van der Waals surface area contributed by atoms with Crippen LogP contribution in [0.5, 0.6) is 5.75 Å². The van der Waals surface area contributed by atoms with Gasteiger partial charge in [0.15, 0.2) is 5.13 Å². The van der Waals surface area contributed by atoms with Crippen LogP contribution in [-0.4, -0.2) is 18.0 Å². The number of ether oxygens (including phenoxy) is 1. The predicted molar refractivity (Wildman–Crippen MR) is 105 cm³/mol. The number of fused-ring (bicyclic) bond motifs is 1. The molecule has 4 nitrogen and oxygen atoms in total. The highest BCUT2D eigenvalue weighted by molar-refractivity contribution is 7.22. The molecular formula is C21H26N2O2S. The van der Waals surface area contributed by atoms with Gasteiger partial charge < -0.3 is 10.1 Å². The molecular weight excluding hydrogens is 344 g/mol. The van der Waals surface area contributed by atoms with Crippen LogP contribution >= 0.6 is 11.3 Å². The quantitative estimate of drug-likeness (QED) is 0.804. The fourth-order valence-corrected chi connectivity index (χ4v) is 7.91. The number of rotatable bonds is 3. The number of aromatic nitrogens is 1. The normalized spacial score (nSPS) is 37.9. The highest BCUT2D eigenvalue weighted by atomic mass is 32.1. The molecule has 0 aliphatic heterocycles. The van der Waals surface area contributed by atoms with E-state index < -0.39 is 0 Å². The first-order valence-corrected chi connectivity index (χ1v) is 10.4. The summed E-state index contributed by atoms with van der Waals surface area (Å²) in [7, 11) is 1.67. The number of anilines is 1. The Bertz CT molecular complexity index is 887. The van der Waals surface area contributed by atoms with Gasteiger partial charge in [-0.2, -0.15) is 0 Å². The number of methoxy groups -OCH3 is 1. The van der Waals surface area contributed by atoms with Gasteiger partial charge in [-0.15, -0.1) is 0 Å². The molecule has 26 heavy (non-hydrogen) atoms. The molecule has 0 saturated heterocycles. The Morgan fingerprint density at radius 3 is 2.58 bits per heavy atom. The van der Waals surface area contributed by atoms with Crippen molar-refractivity contribution in [2.24, 2.45) is 22.2 Å². The summed E-state index contributed by atoms with van der Waals surface area (Å²) in [5, 5.41) is 3.90. The first-order chi connectivity index (χ1) is 12.3. The minimum absolute atomic E-state index is 0.196. The summed E-state index contributed by atoms with van der Waals surface area (Å²) in [5.41, 5.74) is 1.40. The van der Waals surface area contributed by atoms with Crippen molar-refractivity contribution in [2.75, 3.05) is 12.4 Å². The molecule has 4 aliphatic carbocycles. The SMILES string of the molecule is COc1ccc2nc(NC(=O)C34CC5CC(C)(CC(C)(C5)C3)C4)sc2c1. The molecule has 1 N–H and O–H groups in total. The molecule has 2 atom stereocenters. The van der Waals surface area contributed by atoms with E-state index in [4.69, 9.17) is 4.74 Å². The van der Waals surface area contributed by atoms with Crippen LogP contribution in [0.2, 0.25) is 0 Å². The van der Waals surface area contributed by atoms with Crippen LogP contribution < -0.4 is 10.1 Å². The van der Waals surface area contributed by atoms with Crippen molar-refractivity contribution in [1.82, 2.24) is 4.98 Å². The van der Waals surface area contributed by atoms with Crippen LogP contribution in [0.4, 0.5) is 5.13 Å². The van der Waals surface area contributed by atoms with Gasteiger partial charge in [-0.05, 0) is 73.5 Å². The van der Waals surface area contributed by atoms with Gasteiger partial charge in [-0.3, -0.25) is 4.79 Å². The number of hydrogen-bond donors (Lipinski definition) is 1. The predicted octanol–water partition coefficient (Wildman–Crippen LogP) is 5.24. The highest BCUT2D eigenvalue weighted by Crippen LogP contribution is 2.69. The standard InChI is InChI=1S/C21H26N2O2S/c1-19-7-13-8-20(2,10-19)12-21(9-13,11-19)17(24)23-18-22-15-5-4-14(25-3)6-16(15)26-18/h4-6,13H,7-12H2,1-3H3,(H,22,23,24). The van der Waals surface area contributed by atoms with Crippen molar-refractivity contribution >= 4 is 32.6 Å². The second-order valence-corrected chi connectivity index (χ2v) is 10.7. The van der Waals surface area contributed by atoms with E-state index in [1.54, 1.807) is 7.11 Å². The average Bonchev–Trinajstić information content (AvgIpc) is 2.92. The highest BCUT2D eigenvalue weighted by Gasteiger charge is 2.62. The van der Waals surface area contributed by atoms with Crippen molar-refractivity contribution in [1.29, 1.82) is 0 Å². The lowest BCUT2D eigenvalue weighted by Crippen LogP contribution is -2.58. The number of carbonyl (C=O) groups excluding carboxylic acids is 1. The minimum Gasteiger partial charge on any atom is -0.497 e. The van der Waals surface area contributed by atoms with E-state index in [1.165, 1.54) is 30.6 Å². The zero-order chi connectivity index (χ0) is 18.2. The summed E-state index contributed by atoms with van der Waals surface area (Å²) < 4.78 is 6.34. The molecule has 1 aromatic heterocycles. The maximum Gasteiger partial charge on any atom is 0.232 e. The van der Waals surface area contributed by atoms with E-state index in [0.29, 0.717) is 21.9 Å². The molecule has 4 bridgehead atoms. The third-order valence-corrected chi connectivity index (χ3v) is 7.86. The van der Waals surface area contributed by atoms with E-state index in [-0.39, 0.29) is 11.3 Å². The van der Waals surface area contributed by atoms with Gasteiger partial charge in [-0.25, -0.2) is 4.98 Å². The zero-order valence-corrected chi connectivity index (χ0v) is 16.5. The second-order valence-electron chi connectivity index (χ2n) is 9.72. The number of thiazole rings is 1. The van der Waals surface area contributed by atoms with E-state index in [1.807, 2.05) is 18.2 Å². The molecule has 2 unspecified atom stereocenters. The molecule has 6 rings (SSSR count). The van der Waals surface area contributed by atoms with Crippen molar-refractivity contribution in [3.63, 3.8) is 0 Å². The molecule has 0 radical (unpaired) electrons. The van der Waals surface area contributed by atoms with Crippen LogP contribution in [0, 0.1) is 22.2 Å². The zero-order valence-electron chi connectivity index (χ0n) is 15.7. The molecule has 1 amide bonds. The lowest BCUT2D eigenvalue weighted by Gasteiger charge is -2.64. The topological polar surface area (TPSA) is 51.2 Å². The maximum absolute atomic E-state index is 13.4. The summed E-state index contributed by atoms with van der Waals surface area (Å²) in [6, 6.07) is 5.84. The smallest absolute Gasteiger partial charge is 0.232 e. The second kappa shape index (κ2) is 5.22. The Morgan fingerprint density at radius 1 is 1.19 bits per heavy atom. The van der Waals surface area contributed by atoms with Gasteiger partial charge in [0, 0.05) is 0 Å². The van der Waals surface area contributed by atoms with Gasteiger partial charge in [-0.1, -0.05) is 25.2 Å². The van der Waals surface area contributed by atoms with Gasteiger partial charge in [0.1, 0.15) is 5.75 Å². The van der Waals surface area contributed by atoms with Crippen LogP contribution in [0.25, 0.3) is 10.2 Å². The molecule has 4 saturated carbocycles. The number of amides is 1. The Morgan fingerprint density at radius 2 is 1.92 bits per heavy atom. The summed E-state index contributed by atoms with van der Waals surface area (Å²) in [5.74, 6) is 1.73. The van der Waals surface area contributed by atoms with Gasteiger partial charge >= 0.3 is 0 Å². The van der Waals surface area contributed by atoms with Crippen LogP contribution in [0.3, 0.4) is 0 Å². The largest absolute Gasteiger partial charge is 0.497 e. The molecule has 138 valence electrons. The summed E-state index contributed by atoms with van der Waals surface area (Å²) in [6.45, 7) is 4.81. The third-order valence-electron chi connectivity index (χ3n) is 6.92. The number of hydrogen-bond acceptors (Lipinski definition) is 4. The van der Waals surface area contributed by atoms with Crippen molar-refractivity contribution in [3.8, 4) is 5.75 Å². The molecule has 4 fully saturated rings. The van der Waals surface area contributed by atoms with E-state index in [0.717, 1.165) is 35.2 Å². The molecule has 0 spiro atoms. The fourth-order valence-electron chi connectivity index (χ4n) is 7.02. The van der Waals surface area contributed by atoms with Crippen molar-refractivity contribution < 1.29 is 9.53 Å². The first-order valence-electron chi connectivity index (χ1n) is 9.57. The van der Waals surface area contributed by atoms with Crippen molar-refractivity contribution in [2.45, 2.75) is 52.4 Å². The van der Waals surface area contributed by atoms with Gasteiger partial charge in [0.05, 0.1) is 22.7 Å². The molecule has 1 aromatic carbocycles. The third kappa shape index (κ3) is 2.47. The molecule has 2 aromatic rings. The Hall–Kier alpha value is -1.62. The average molecular weight is 371 g/mol. The fraction of sp³-hybridized carbons (Fsp3) is 0.619. The first kappa shape index (κ1) is 16.5. The Kier molecular flexibility index (Phi) is 3.32. The molecule has 5 heteroatoms. The van der Waals surface area contributed by atoms with Crippen molar-refractivity contribution in [3.05, 3.63) is 18.2 Å². The number of benzene rings is 1. The monoisotopic (exact) mass is 370 g/mol. The lowest BCUT2D eigenvalue weighted by molar-refractivity contribution is -0.165. The Labute approximate surface area is 158 Å². The van der Waals surface area contributed by atoms with Crippen LogP contribution in [0.15, 0.2) is 18.2 Å². The van der Waals surface area contributed by atoms with Gasteiger partial charge in [0.2, 0.25) is 5.91 Å². The summed E-state index contributed by atoms with van der Waals surface area (Å²) in [6.07, 6.45) is 7.03. The summed E-state index contributed by atoms with van der Waals surface area (Å²) in [4.78, 5) is 18.0. The number of nitrogens with zero attached hydrogens (tertiary/aromatic N) is 1. The lowest BCUT2D eigenvalue weighted by atomic mass is 9.40. The maximum atomic E-state index is 13.4. The summed E-state index contributed by atoms with van der Waals surface area (Å²) >= 11 is 1.53.